The van der Waals surface area contributed by atoms with Gasteiger partial charge in [-0.15, -0.1) is 60.8 Å². The van der Waals surface area contributed by atoms with E-state index in [1.165, 1.54) is 5.54 Å². The van der Waals surface area contributed by atoms with Crippen LogP contribution in [0.3, 0.4) is 0 Å². The van der Waals surface area contributed by atoms with Gasteiger partial charge in [-0.25, -0.2) is 0 Å². The van der Waals surface area contributed by atoms with Crippen molar-refractivity contribution in [3.8, 4) is 12.8 Å². The van der Waals surface area contributed by atoms with Crippen molar-refractivity contribution in [2.45, 2.75) is 0 Å². The minimum atomic E-state index is 0. The lowest BCUT2D eigenvalue weighted by Gasteiger charge is -1.27. The highest BCUT2D eigenvalue weighted by Crippen LogP contribution is 1.60. The third-order valence-electron chi connectivity index (χ3n) is 0. The van der Waals surface area contributed by atoms with Crippen LogP contribution in [0.15, 0.2) is 12.1 Å². The molecule has 0 aliphatic rings. The van der Waals surface area contributed by atoms with Crippen LogP contribution in [0.2, 0.25) is 0 Å². The van der Waals surface area contributed by atoms with E-state index >= 15 is 0 Å². The molecule has 0 aliphatic carbocycles. The van der Waals surface area contributed by atoms with Gasteiger partial charge in [0.25, 0.3) is 0 Å². The second-order valence-electron chi connectivity index (χ2n) is 0.154. The quantitative estimate of drug-likeness (QED) is 0.468. The first-order valence-electron chi connectivity index (χ1n) is 0.960. The Labute approximate surface area is 83.7 Å². The van der Waals surface area contributed by atoms with E-state index in [2.05, 4.69) is 19.4 Å². The Balaban J connectivity index is -0.0000000105. The van der Waals surface area contributed by atoms with Gasteiger partial charge in [0.1, 0.15) is 0 Å². The summed E-state index contributed by atoms with van der Waals surface area (Å²) in [7, 11) is 0. The second kappa shape index (κ2) is 61.4. The standard InChI is InChI=1S/C2H3Cl.C2H2.2HI/c1-2-3;1-2;;/h2H,1H2;1-2H;2*1H. The summed E-state index contributed by atoms with van der Waals surface area (Å²) < 4.78 is 0. The third kappa shape index (κ3) is 163. The molecule has 0 saturated carbocycles. The lowest BCUT2D eigenvalue weighted by molar-refractivity contribution is 2.63. The molecule has 0 rings (SSSR count). The highest BCUT2D eigenvalue weighted by atomic mass is 127. The molecule has 7 heavy (non-hydrogen) atoms. The molecule has 0 spiro atoms. The van der Waals surface area contributed by atoms with E-state index in [0.717, 1.165) is 0 Å². The Bertz CT molecular complexity index is 33.9. The van der Waals surface area contributed by atoms with Gasteiger partial charge in [-0.1, -0.05) is 18.2 Å². The fourth-order valence-corrected chi connectivity index (χ4v) is 0. The fourth-order valence-electron chi connectivity index (χ4n) is 0. The first-order valence-corrected chi connectivity index (χ1v) is 1.40. The molecule has 0 radical (unpaired) electrons. The van der Waals surface area contributed by atoms with Crippen molar-refractivity contribution in [2.24, 2.45) is 0 Å². The summed E-state index contributed by atoms with van der Waals surface area (Å²) in [5.41, 5.74) is 1.22. The maximum absolute atomic E-state index is 4.76. The molecule has 0 aromatic carbocycles. The largest absolute Gasteiger partial charge is 0.124 e. The van der Waals surface area contributed by atoms with Crippen LogP contribution in [-0.2, 0) is 0 Å². The maximum atomic E-state index is 4.76. The van der Waals surface area contributed by atoms with Crippen LogP contribution in [0.1, 0.15) is 0 Å². The van der Waals surface area contributed by atoms with Crippen LogP contribution in [0.25, 0.3) is 0 Å². The molecule has 3 heteroatoms. The van der Waals surface area contributed by atoms with Crippen LogP contribution in [0, 0.1) is 12.8 Å². The molecule has 0 saturated heterocycles. The molecule has 0 amide bonds. The SMILES string of the molecule is C#C.C=CCl.I.I. The van der Waals surface area contributed by atoms with Gasteiger partial charge in [-0.2, -0.15) is 0 Å². The number of terminal acetylenes is 1. The Hall–Kier alpha value is 1.05. The van der Waals surface area contributed by atoms with E-state index in [1.807, 2.05) is 0 Å². The monoisotopic (exact) mass is 344 g/mol. The van der Waals surface area contributed by atoms with Crippen LogP contribution in [-0.4, -0.2) is 0 Å². The number of hydrogen-bond donors (Lipinski definition) is 0. The summed E-state index contributed by atoms with van der Waals surface area (Å²) in [5.74, 6) is 0. The molecule has 0 aliphatic heterocycles. The van der Waals surface area contributed by atoms with Gasteiger partial charge in [0.15, 0.2) is 0 Å². The average Bonchev–Trinajstić information content (AvgIpc) is 1.46. The van der Waals surface area contributed by atoms with Crippen molar-refractivity contribution >= 4 is 59.6 Å². The smallest absolute Gasteiger partial charge is 0.00296 e. The van der Waals surface area contributed by atoms with Crippen molar-refractivity contribution in [3.05, 3.63) is 12.1 Å². The number of hydrogen-bond acceptors (Lipinski definition) is 0. The molecular formula is C4H7ClI2. The molecule has 0 atom stereocenters. The Morgan fingerprint density at radius 3 is 1.29 bits per heavy atom. The van der Waals surface area contributed by atoms with E-state index in [0.29, 0.717) is 0 Å². The second-order valence-corrected chi connectivity index (χ2v) is 0.463. The first-order chi connectivity index (χ1) is 2.41. The van der Waals surface area contributed by atoms with Crippen molar-refractivity contribution in [2.75, 3.05) is 0 Å². The van der Waals surface area contributed by atoms with Gasteiger partial charge in [-0.3, -0.25) is 0 Å². The summed E-state index contributed by atoms with van der Waals surface area (Å²) in [4.78, 5) is 0. The highest BCUT2D eigenvalue weighted by molar-refractivity contribution is 14.0. The fraction of sp³-hybridized carbons (Fsp3) is 0. The molecule has 0 aromatic heterocycles. The minimum Gasteiger partial charge on any atom is -0.124 e. The van der Waals surface area contributed by atoms with Gasteiger partial charge >= 0.3 is 0 Å². The summed E-state index contributed by atoms with van der Waals surface area (Å²) >= 11 is 4.76. The molecule has 44 valence electrons. The van der Waals surface area contributed by atoms with E-state index < -0.39 is 0 Å². The molecule has 0 aromatic rings. The number of halogens is 3. The zero-order chi connectivity index (χ0) is 4.71. The lowest BCUT2D eigenvalue weighted by atomic mass is 11.3. The van der Waals surface area contributed by atoms with E-state index in [9.17, 15) is 0 Å². The Morgan fingerprint density at radius 1 is 1.29 bits per heavy atom. The maximum Gasteiger partial charge on any atom is -0.00296 e. The van der Waals surface area contributed by atoms with Crippen LogP contribution < -0.4 is 0 Å². The van der Waals surface area contributed by atoms with Gasteiger partial charge in [-0.05, 0) is 5.54 Å². The van der Waals surface area contributed by atoms with Crippen molar-refractivity contribution in [1.29, 1.82) is 0 Å². The van der Waals surface area contributed by atoms with Gasteiger partial charge in [0.05, 0.1) is 0 Å². The van der Waals surface area contributed by atoms with Crippen LogP contribution in [0.5, 0.6) is 0 Å². The van der Waals surface area contributed by atoms with Gasteiger partial charge < -0.3 is 0 Å². The van der Waals surface area contributed by atoms with E-state index in [4.69, 9.17) is 11.6 Å². The molecule has 0 unspecified atom stereocenters. The average molecular weight is 344 g/mol. The summed E-state index contributed by atoms with van der Waals surface area (Å²) in [6.45, 7) is 3.13. The summed E-state index contributed by atoms with van der Waals surface area (Å²) in [5, 5.41) is 0. The molecule has 0 bridgehead atoms. The Kier molecular flexibility index (Phi) is 214. The summed E-state index contributed by atoms with van der Waals surface area (Å²) in [6.07, 6.45) is 8.00. The third-order valence-corrected chi connectivity index (χ3v) is 0. The zero-order valence-electron chi connectivity index (χ0n) is 3.63. The number of rotatable bonds is 0. The van der Waals surface area contributed by atoms with Crippen molar-refractivity contribution in [1.82, 2.24) is 0 Å². The minimum absolute atomic E-state index is 0. The van der Waals surface area contributed by atoms with Crippen molar-refractivity contribution < 1.29 is 0 Å². The zero-order valence-corrected chi connectivity index (χ0v) is 9.05. The van der Waals surface area contributed by atoms with Gasteiger partial charge in [0, 0.05) is 0 Å². The molecule has 0 heterocycles. The van der Waals surface area contributed by atoms with Crippen LogP contribution in [0.4, 0.5) is 0 Å². The highest BCUT2D eigenvalue weighted by Gasteiger charge is 1.18. The Morgan fingerprint density at radius 2 is 1.29 bits per heavy atom. The topological polar surface area (TPSA) is 0 Å². The van der Waals surface area contributed by atoms with Gasteiger partial charge in [0.2, 0.25) is 0 Å². The van der Waals surface area contributed by atoms with Crippen molar-refractivity contribution in [3.63, 3.8) is 0 Å². The predicted octanol–water partition coefficient (Wildman–Crippen LogP) is 2.85. The summed E-state index contributed by atoms with van der Waals surface area (Å²) in [6, 6.07) is 0. The van der Waals surface area contributed by atoms with E-state index in [1.54, 1.807) is 0 Å². The molecule has 0 fully saturated rings. The lowest BCUT2D eigenvalue weighted by Crippen LogP contribution is -0.926. The molecular weight excluding hydrogens is 337 g/mol. The normalized spacial score (nSPS) is 2.14. The first kappa shape index (κ1) is 24.4. The van der Waals surface area contributed by atoms with Crippen LogP contribution >= 0.6 is 59.6 Å². The van der Waals surface area contributed by atoms with E-state index in [-0.39, 0.29) is 48.0 Å². The molecule has 0 N–H and O–H groups in total. The predicted molar refractivity (Wildman–Crippen MR) is 56.8 cm³/mol. The molecule has 0 nitrogen and oxygen atoms in total.